The number of nitrogens with zero attached hydrogens (tertiary/aromatic N) is 7. The third kappa shape index (κ3) is 13.0. The molecule has 6 aliphatic rings. The second-order valence-electron chi connectivity index (χ2n) is 21.5. The van der Waals surface area contributed by atoms with Gasteiger partial charge in [-0.25, -0.2) is 24.1 Å². The van der Waals surface area contributed by atoms with Gasteiger partial charge in [0, 0.05) is 59.6 Å². The van der Waals surface area contributed by atoms with E-state index in [4.69, 9.17) is 20.9 Å². The van der Waals surface area contributed by atoms with Gasteiger partial charge in [-0.15, -0.1) is 0 Å². The number of halogens is 9. The summed E-state index contributed by atoms with van der Waals surface area (Å²) in [4.78, 5) is 94.6. The number of hydrogen-bond donors (Lipinski definition) is 4. The first-order valence-electron chi connectivity index (χ1n) is 28.3. The number of nitriles is 3. The Bertz CT molecular complexity index is 4120. The molecule has 8 amide bonds. The van der Waals surface area contributed by atoms with Gasteiger partial charge in [0.1, 0.15) is 0 Å². The third-order valence-corrected chi connectivity index (χ3v) is 15.9. The number of alkyl halides is 9. The molecule has 472 valence electrons. The largest absolute Gasteiger partial charge is 0.416 e. The molecule has 93 heavy (non-hydrogen) atoms. The molecule has 6 aromatic carbocycles. The van der Waals surface area contributed by atoms with Crippen molar-refractivity contribution in [3.63, 3.8) is 0 Å². The SMILES string of the molecule is N#Cc1ccc(C2C3=C(CCC3=O)N(c3cccc(C(F)(F)F)c3)C(=O)N2C(=O)NCCO)cc1.N#Cc1ccc(C2NC(=O)N(c3cccc(C(F)(F)F)c3)C3=C2C(=O)CC3)cc1.N#Cc1ccc(C2NC(=O)N(c3cccc(C(F)(F)F)c3)C3=C2C(=O)CC3)cc1. The topological polar surface area (TPSA) is 260 Å². The summed E-state index contributed by atoms with van der Waals surface area (Å²) in [5, 5.41) is 43.9. The van der Waals surface area contributed by atoms with E-state index in [-0.39, 0.29) is 90.8 Å². The predicted octanol–water partition coefficient (Wildman–Crippen LogP) is 12.8. The van der Waals surface area contributed by atoms with Gasteiger partial charge in [-0.1, -0.05) is 54.6 Å². The molecule has 6 aromatic rings. The van der Waals surface area contributed by atoms with Crippen LogP contribution in [0.4, 0.5) is 75.8 Å². The highest BCUT2D eigenvalue weighted by atomic mass is 19.4. The Kier molecular flexibility index (Phi) is 18.0. The van der Waals surface area contributed by atoms with Crippen LogP contribution in [0.3, 0.4) is 0 Å². The maximum absolute atomic E-state index is 13.7. The molecule has 3 aliphatic carbocycles. The Balaban J connectivity index is 0.000000153. The van der Waals surface area contributed by atoms with Crippen molar-refractivity contribution in [2.75, 3.05) is 27.9 Å². The molecule has 18 nitrogen and oxygen atoms in total. The van der Waals surface area contributed by atoms with E-state index in [1.54, 1.807) is 48.5 Å². The number of aliphatic hydroxyl groups is 1. The minimum atomic E-state index is -4.67. The molecule has 0 aromatic heterocycles. The van der Waals surface area contributed by atoms with Gasteiger partial charge in [-0.3, -0.25) is 29.1 Å². The van der Waals surface area contributed by atoms with Gasteiger partial charge in [0.25, 0.3) is 0 Å². The lowest BCUT2D eigenvalue weighted by atomic mass is 9.92. The van der Waals surface area contributed by atoms with Gasteiger partial charge < -0.3 is 21.1 Å². The van der Waals surface area contributed by atoms with Crippen molar-refractivity contribution in [3.05, 3.63) is 229 Å². The molecule has 3 heterocycles. The van der Waals surface area contributed by atoms with Crippen LogP contribution >= 0.6 is 0 Å². The highest BCUT2D eigenvalue weighted by Crippen LogP contribution is 2.48. The maximum atomic E-state index is 13.7. The maximum Gasteiger partial charge on any atom is 0.416 e. The lowest BCUT2D eigenvalue weighted by molar-refractivity contribution is -0.138. The van der Waals surface area contributed by atoms with Gasteiger partial charge >= 0.3 is 42.7 Å². The molecule has 3 atom stereocenters. The van der Waals surface area contributed by atoms with E-state index in [1.165, 1.54) is 54.6 Å². The van der Waals surface area contributed by atoms with Gasteiger partial charge in [0.05, 0.1) is 93.4 Å². The highest BCUT2D eigenvalue weighted by molar-refractivity contribution is 6.13. The Hall–Kier alpha value is -11.4. The van der Waals surface area contributed by atoms with E-state index in [9.17, 15) is 73.1 Å². The zero-order valence-electron chi connectivity index (χ0n) is 48.1. The van der Waals surface area contributed by atoms with E-state index in [1.807, 2.05) is 18.2 Å². The molecule has 0 saturated heterocycles. The quantitative estimate of drug-likeness (QED) is 0.104. The molecule has 0 saturated carbocycles. The number of ketones is 3. The summed E-state index contributed by atoms with van der Waals surface area (Å²) >= 11 is 0. The van der Waals surface area contributed by atoms with Crippen molar-refractivity contribution >= 4 is 58.5 Å². The number of carbonyl (C=O) groups is 7. The number of anilines is 3. The average molecular weight is 1280 g/mol. The summed E-state index contributed by atoms with van der Waals surface area (Å²) in [6, 6.07) is 32.3. The summed E-state index contributed by atoms with van der Waals surface area (Å²) in [6.45, 7) is -0.606. The number of allylic oxidation sites excluding steroid dienone is 3. The van der Waals surface area contributed by atoms with Crippen molar-refractivity contribution in [1.82, 2.24) is 20.9 Å². The molecule has 27 heteroatoms. The molecule has 3 aliphatic heterocycles. The zero-order valence-corrected chi connectivity index (χ0v) is 48.1. The summed E-state index contributed by atoms with van der Waals surface area (Å²) in [7, 11) is 0. The van der Waals surface area contributed by atoms with Crippen molar-refractivity contribution in [3.8, 4) is 18.2 Å². The van der Waals surface area contributed by atoms with Crippen LogP contribution in [0, 0.1) is 34.0 Å². The van der Waals surface area contributed by atoms with Crippen LogP contribution in [-0.2, 0) is 32.9 Å². The van der Waals surface area contributed by atoms with E-state index in [2.05, 4.69) is 16.0 Å². The number of urea groups is 4. The molecular formula is C66H47F9N10O8. The fraction of sp³-hybridized carbons (Fsp3) is 0.212. The number of nitrogens with one attached hydrogen (secondary N) is 3. The fourth-order valence-corrected chi connectivity index (χ4v) is 11.7. The van der Waals surface area contributed by atoms with Gasteiger partial charge in [0.2, 0.25) is 0 Å². The normalized spacial score (nSPS) is 18.7. The Morgan fingerprint density at radius 1 is 0.473 bits per heavy atom. The molecule has 0 bridgehead atoms. The standard InChI is InChI=1S/C24H19F3N4O4.2C21H14F3N3O2/c25-24(26,27)16-2-1-3-17(12-16)30-18-8-9-19(33)20(18)21(15-6-4-14(13-28)5-7-15)31(23(30)35)22(34)29-10-11-32;2*22-21(23,24)14-2-1-3-15(10-14)27-16-8-9-17(28)18(16)19(26-20(27)29)13-6-4-12(11-25)5-7-13/h1-7,12,21,32H,8-11H2,(H,29,34);2*1-7,10,19H,8-9H2,(H,26,29). The molecule has 3 unspecified atom stereocenters. The lowest BCUT2D eigenvalue weighted by Crippen LogP contribution is -2.55. The zero-order chi connectivity index (χ0) is 66.8. The van der Waals surface area contributed by atoms with Gasteiger partial charge in [0.15, 0.2) is 17.3 Å². The first-order valence-corrected chi connectivity index (χ1v) is 28.3. The van der Waals surface area contributed by atoms with Crippen molar-refractivity contribution in [2.45, 2.75) is 75.2 Å². The van der Waals surface area contributed by atoms with Crippen molar-refractivity contribution in [2.24, 2.45) is 0 Å². The summed E-state index contributed by atoms with van der Waals surface area (Å²) in [6.07, 6.45) is -12.7. The minimum absolute atomic E-state index is 0.0201. The minimum Gasteiger partial charge on any atom is -0.395 e. The summed E-state index contributed by atoms with van der Waals surface area (Å²) < 4.78 is 119. The van der Waals surface area contributed by atoms with Crippen LogP contribution in [0.2, 0.25) is 0 Å². The Labute approximate surface area is 522 Å². The second kappa shape index (κ2) is 25.9. The Morgan fingerprint density at radius 3 is 1.15 bits per heavy atom. The van der Waals surface area contributed by atoms with Gasteiger partial charge in [-0.05, 0) is 127 Å². The number of benzene rings is 6. The van der Waals surface area contributed by atoms with Crippen molar-refractivity contribution in [1.29, 1.82) is 15.8 Å². The lowest BCUT2D eigenvalue weighted by Gasteiger charge is -2.41. The second-order valence-corrected chi connectivity index (χ2v) is 21.5. The van der Waals surface area contributed by atoms with Gasteiger partial charge in [-0.2, -0.15) is 55.3 Å². The number of amides is 8. The average Bonchev–Trinajstić information content (AvgIpc) is 1.72. The fourth-order valence-electron chi connectivity index (χ4n) is 11.7. The number of hydrogen-bond acceptors (Lipinski definition) is 11. The van der Waals surface area contributed by atoms with Crippen LogP contribution in [0.5, 0.6) is 0 Å². The third-order valence-electron chi connectivity index (χ3n) is 15.9. The number of Topliss-reactive ketones (excluding diaryl/α,β-unsaturated/α-hetero) is 3. The number of imide groups is 1. The molecule has 0 radical (unpaired) electrons. The number of aliphatic hydroxyl groups excluding tert-OH is 1. The summed E-state index contributed by atoms with van der Waals surface area (Å²) in [5.41, 5.74) is 1.97. The smallest absolute Gasteiger partial charge is 0.395 e. The van der Waals surface area contributed by atoms with E-state index >= 15 is 0 Å². The molecular weight excluding hydrogens is 1230 g/mol. The molecule has 4 N–H and O–H groups in total. The first kappa shape index (κ1) is 64.6. The number of carbonyl (C=O) groups excluding carboxylic acids is 7. The first-order chi connectivity index (χ1) is 44.2. The van der Waals surface area contributed by atoms with Crippen LogP contribution in [0.25, 0.3) is 0 Å². The highest BCUT2D eigenvalue weighted by Gasteiger charge is 2.50. The Morgan fingerprint density at radius 2 is 0.806 bits per heavy atom. The summed E-state index contributed by atoms with van der Waals surface area (Å²) in [5.74, 6) is -0.670. The molecule has 0 spiro atoms. The predicted molar refractivity (Wildman–Crippen MR) is 312 cm³/mol. The molecule has 0 fully saturated rings. The van der Waals surface area contributed by atoms with Crippen LogP contribution < -0.4 is 30.7 Å². The van der Waals surface area contributed by atoms with E-state index in [0.717, 1.165) is 62.1 Å². The van der Waals surface area contributed by atoms with Crippen LogP contribution in [-0.4, -0.2) is 64.6 Å². The number of rotatable bonds is 8. The van der Waals surface area contributed by atoms with Crippen LogP contribution in [0.1, 0.15) is 107 Å². The monoisotopic (exact) mass is 1280 g/mol. The van der Waals surface area contributed by atoms with Crippen LogP contribution in [0.15, 0.2) is 179 Å². The van der Waals surface area contributed by atoms with E-state index < -0.39 is 84.1 Å². The van der Waals surface area contributed by atoms with Crippen molar-refractivity contribution < 1.29 is 78.2 Å². The molecule has 12 rings (SSSR count). The van der Waals surface area contributed by atoms with E-state index in [0.29, 0.717) is 55.9 Å².